The molecule has 0 aliphatic carbocycles. The molecule has 0 spiro atoms. The van der Waals surface area contributed by atoms with E-state index in [4.69, 9.17) is 4.74 Å². The molecule has 0 saturated heterocycles. The van der Waals surface area contributed by atoms with Gasteiger partial charge in [0.2, 0.25) is 0 Å². The van der Waals surface area contributed by atoms with Crippen molar-refractivity contribution in [3.05, 3.63) is 58.7 Å². The minimum atomic E-state index is -0.214. The molecule has 4 rings (SSSR count). The number of carbonyl (C=O) groups excluding carboxylic acids is 2. The van der Waals surface area contributed by atoms with Gasteiger partial charge in [-0.1, -0.05) is 32.0 Å². The molecule has 5 heteroatoms. The van der Waals surface area contributed by atoms with Crippen molar-refractivity contribution in [3.63, 3.8) is 0 Å². The zero-order chi connectivity index (χ0) is 17.6. The lowest BCUT2D eigenvalue weighted by Gasteiger charge is -2.20. The number of hydrogen-bond donors (Lipinski definition) is 2. The number of anilines is 1. The van der Waals surface area contributed by atoms with Crippen LogP contribution in [0.1, 0.15) is 45.7 Å². The van der Waals surface area contributed by atoms with Gasteiger partial charge in [0.1, 0.15) is 5.75 Å². The first kappa shape index (κ1) is 15.7. The number of fused-ring (bicyclic) bond motifs is 2. The largest absolute Gasteiger partial charge is 0.492 e. The fraction of sp³-hybridized carbons (Fsp3) is 0.300. The summed E-state index contributed by atoms with van der Waals surface area (Å²) < 4.78 is 5.81. The molecule has 2 aromatic carbocycles. The molecular weight excluding hydrogens is 316 g/mol. The molecule has 2 aliphatic heterocycles. The number of benzene rings is 2. The van der Waals surface area contributed by atoms with E-state index in [2.05, 4.69) is 24.5 Å². The molecule has 0 atom stereocenters. The Bertz CT molecular complexity index is 887. The van der Waals surface area contributed by atoms with Crippen LogP contribution >= 0.6 is 0 Å². The molecule has 0 aromatic heterocycles. The van der Waals surface area contributed by atoms with E-state index in [9.17, 15) is 9.59 Å². The molecular formula is C20H20N2O3. The van der Waals surface area contributed by atoms with Crippen molar-refractivity contribution < 1.29 is 14.3 Å². The zero-order valence-corrected chi connectivity index (χ0v) is 14.3. The molecule has 2 aliphatic rings. The first-order chi connectivity index (χ1) is 12.0. The summed E-state index contributed by atoms with van der Waals surface area (Å²) in [6.07, 6.45) is 0.702. The second kappa shape index (κ2) is 5.62. The third kappa shape index (κ3) is 2.56. The molecule has 0 fully saturated rings. The zero-order valence-electron chi connectivity index (χ0n) is 14.3. The molecule has 0 unspecified atom stereocenters. The average molecular weight is 336 g/mol. The van der Waals surface area contributed by atoms with Gasteiger partial charge in [-0.2, -0.15) is 0 Å². The van der Waals surface area contributed by atoms with Crippen molar-refractivity contribution in [1.29, 1.82) is 0 Å². The summed E-state index contributed by atoms with van der Waals surface area (Å²) in [5, 5.41) is 5.79. The maximum atomic E-state index is 12.9. The minimum absolute atomic E-state index is 0.0944. The number of ether oxygens (including phenoxy) is 1. The van der Waals surface area contributed by atoms with E-state index in [0.717, 1.165) is 11.1 Å². The average Bonchev–Trinajstić information content (AvgIpc) is 2.91. The van der Waals surface area contributed by atoms with Gasteiger partial charge in [-0.25, -0.2) is 0 Å². The monoisotopic (exact) mass is 336 g/mol. The van der Waals surface area contributed by atoms with E-state index in [1.54, 1.807) is 18.2 Å². The van der Waals surface area contributed by atoms with E-state index >= 15 is 0 Å². The fourth-order valence-electron chi connectivity index (χ4n) is 3.51. The molecule has 128 valence electrons. The number of hydrogen-bond acceptors (Lipinski definition) is 3. The molecule has 0 radical (unpaired) electrons. The molecule has 0 bridgehead atoms. The lowest BCUT2D eigenvalue weighted by molar-refractivity contribution is 0.0944. The second-order valence-electron chi connectivity index (χ2n) is 7.15. The van der Waals surface area contributed by atoms with Gasteiger partial charge < -0.3 is 15.4 Å². The Morgan fingerprint density at radius 3 is 2.84 bits per heavy atom. The Hall–Kier alpha value is -2.82. The molecule has 2 heterocycles. The summed E-state index contributed by atoms with van der Waals surface area (Å²) in [6.45, 7) is 5.35. The van der Waals surface area contributed by atoms with Crippen molar-refractivity contribution >= 4 is 17.5 Å². The van der Waals surface area contributed by atoms with Gasteiger partial charge in [-0.15, -0.1) is 0 Å². The lowest BCUT2D eigenvalue weighted by Crippen LogP contribution is -2.32. The van der Waals surface area contributed by atoms with Crippen LogP contribution in [0.25, 0.3) is 0 Å². The summed E-state index contributed by atoms with van der Waals surface area (Å²) in [4.78, 5) is 24.8. The SMILES string of the molecule is CC1(C)COc2c(C(=O)Nc3cccc4c3CCNC4=O)cccc21. The van der Waals surface area contributed by atoms with Gasteiger partial charge in [0.25, 0.3) is 11.8 Å². The third-order valence-electron chi connectivity index (χ3n) is 4.90. The van der Waals surface area contributed by atoms with Crippen LogP contribution in [0, 0.1) is 0 Å². The van der Waals surface area contributed by atoms with Gasteiger partial charge in [0.15, 0.2) is 0 Å². The van der Waals surface area contributed by atoms with Gasteiger partial charge >= 0.3 is 0 Å². The van der Waals surface area contributed by atoms with Crippen LogP contribution in [-0.4, -0.2) is 25.0 Å². The highest BCUT2D eigenvalue weighted by atomic mass is 16.5. The second-order valence-corrected chi connectivity index (χ2v) is 7.15. The van der Waals surface area contributed by atoms with Crippen molar-refractivity contribution in [2.45, 2.75) is 25.7 Å². The number of nitrogens with one attached hydrogen (secondary N) is 2. The number of carbonyl (C=O) groups is 2. The summed E-state index contributed by atoms with van der Waals surface area (Å²) >= 11 is 0. The highest BCUT2D eigenvalue weighted by molar-refractivity contribution is 6.08. The smallest absolute Gasteiger partial charge is 0.259 e. The van der Waals surface area contributed by atoms with E-state index in [0.29, 0.717) is 42.1 Å². The number of para-hydroxylation sites is 1. The topological polar surface area (TPSA) is 67.4 Å². The van der Waals surface area contributed by atoms with Crippen LogP contribution in [0.3, 0.4) is 0 Å². The normalized spacial score (nSPS) is 17.1. The van der Waals surface area contributed by atoms with E-state index in [1.165, 1.54) is 0 Å². The van der Waals surface area contributed by atoms with Crippen molar-refractivity contribution in [2.75, 3.05) is 18.5 Å². The van der Waals surface area contributed by atoms with Crippen LogP contribution in [-0.2, 0) is 11.8 Å². The highest BCUT2D eigenvalue weighted by Crippen LogP contribution is 2.40. The quantitative estimate of drug-likeness (QED) is 0.886. The summed E-state index contributed by atoms with van der Waals surface area (Å²) in [6, 6.07) is 11.1. The summed E-state index contributed by atoms with van der Waals surface area (Å²) in [7, 11) is 0. The predicted molar refractivity (Wildman–Crippen MR) is 95.4 cm³/mol. The molecule has 2 N–H and O–H groups in total. The van der Waals surface area contributed by atoms with Crippen LogP contribution in [0.15, 0.2) is 36.4 Å². The molecule has 2 amide bonds. The van der Waals surface area contributed by atoms with E-state index in [1.807, 2.05) is 18.2 Å². The van der Waals surface area contributed by atoms with Crippen LogP contribution in [0.2, 0.25) is 0 Å². The Balaban J connectivity index is 1.68. The van der Waals surface area contributed by atoms with Gasteiger partial charge in [-0.05, 0) is 30.2 Å². The van der Waals surface area contributed by atoms with Gasteiger partial charge in [0.05, 0.1) is 12.2 Å². The minimum Gasteiger partial charge on any atom is -0.492 e. The Morgan fingerprint density at radius 2 is 2.00 bits per heavy atom. The fourth-order valence-corrected chi connectivity index (χ4v) is 3.51. The van der Waals surface area contributed by atoms with Crippen LogP contribution in [0.4, 0.5) is 5.69 Å². The maximum absolute atomic E-state index is 12.9. The number of rotatable bonds is 2. The number of amides is 2. The summed E-state index contributed by atoms with van der Waals surface area (Å²) in [5.41, 5.74) is 3.67. The van der Waals surface area contributed by atoms with Crippen molar-refractivity contribution in [2.24, 2.45) is 0 Å². The molecule has 25 heavy (non-hydrogen) atoms. The Morgan fingerprint density at radius 1 is 1.20 bits per heavy atom. The van der Waals surface area contributed by atoms with E-state index in [-0.39, 0.29) is 17.2 Å². The third-order valence-corrected chi connectivity index (χ3v) is 4.90. The standard InChI is InChI=1S/C20H20N2O3/c1-20(2)11-25-17-14(6-3-7-15(17)20)19(24)22-16-8-4-5-13-12(16)9-10-21-18(13)23/h3-8H,9-11H2,1-2H3,(H,21,23)(H,22,24). The Labute approximate surface area is 146 Å². The first-order valence-corrected chi connectivity index (χ1v) is 8.45. The maximum Gasteiger partial charge on any atom is 0.259 e. The summed E-state index contributed by atoms with van der Waals surface area (Å²) in [5.74, 6) is 0.351. The molecule has 0 saturated carbocycles. The Kier molecular flexibility index (Phi) is 3.53. The van der Waals surface area contributed by atoms with Gasteiger partial charge in [-0.3, -0.25) is 9.59 Å². The predicted octanol–water partition coefficient (Wildman–Crippen LogP) is 2.89. The van der Waals surface area contributed by atoms with Crippen LogP contribution in [0.5, 0.6) is 5.75 Å². The van der Waals surface area contributed by atoms with E-state index < -0.39 is 0 Å². The highest BCUT2D eigenvalue weighted by Gasteiger charge is 2.34. The first-order valence-electron chi connectivity index (χ1n) is 8.45. The lowest BCUT2D eigenvalue weighted by atomic mass is 9.86. The molecule has 2 aromatic rings. The van der Waals surface area contributed by atoms with Crippen molar-refractivity contribution in [1.82, 2.24) is 5.32 Å². The van der Waals surface area contributed by atoms with Gasteiger partial charge in [0, 0.05) is 28.8 Å². The van der Waals surface area contributed by atoms with Crippen molar-refractivity contribution in [3.8, 4) is 5.75 Å². The molecule has 5 nitrogen and oxygen atoms in total. The van der Waals surface area contributed by atoms with Crippen LogP contribution < -0.4 is 15.4 Å².